The van der Waals surface area contributed by atoms with Crippen LogP contribution in [0.2, 0.25) is 0 Å². The Morgan fingerprint density at radius 1 is 1.50 bits per heavy atom. The summed E-state index contributed by atoms with van der Waals surface area (Å²) >= 11 is 0. The van der Waals surface area contributed by atoms with E-state index in [4.69, 9.17) is 10.5 Å². The summed E-state index contributed by atoms with van der Waals surface area (Å²) in [6, 6.07) is 3.80. The molecule has 16 heavy (non-hydrogen) atoms. The number of pyridine rings is 1. The molecule has 1 heterocycles. The normalized spacial score (nSPS) is 10.6. The number of rotatable bonds is 6. The molecule has 0 spiro atoms. The molecule has 0 radical (unpaired) electrons. The quantitative estimate of drug-likeness (QED) is 0.794. The summed E-state index contributed by atoms with van der Waals surface area (Å²) in [5, 5.41) is 0. The summed E-state index contributed by atoms with van der Waals surface area (Å²) in [5.74, 6) is 2.25. The summed E-state index contributed by atoms with van der Waals surface area (Å²) in [6.45, 7) is 6.71. The fourth-order valence-electron chi connectivity index (χ4n) is 1.66. The van der Waals surface area contributed by atoms with Gasteiger partial charge in [-0.05, 0) is 18.1 Å². The van der Waals surface area contributed by atoms with E-state index in [-0.39, 0.29) is 0 Å². The molecule has 90 valence electrons. The number of hydrogen-bond acceptors (Lipinski definition) is 4. The minimum atomic E-state index is 0.568. The first-order valence-electron chi connectivity index (χ1n) is 5.63. The number of nitrogens with two attached hydrogens (primary N) is 1. The molecule has 0 unspecified atom stereocenters. The summed E-state index contributed by atoms with van der Waals surface area (Å²) in [6.07, 6.45) is 1.78. The Hall–Kier alpha value is -1.29. The molecule has 1 aromatic rings. The second-order valence-electron chi connectivity index (χ2n) is 4.16. The van der Waals surface area contributed by atoms with Crippen molar-refractivity contribution in [2.24, 2.45) is 11.7 Å². The third-order valence-electron chi connectivity index (χ3n) is 2.25. The van der Waals surface area contributed by atoms with Gasteiger partial charge in [0.15, 0.2) is 11.6 Å². The number of aromatic nitrogens is 1. The molecule has 1 aromatic heterocycles. The van der Waals surface area contributed by atoms with E-state index in [1.54, 1.807) is 13.3 Å². The first-order valence-corrected chi connectivity index (χ1v) is 5.63. The van der Waals surface area contributed by atoms with Crippen molar-refractivity contribution < 1.29 is 4.74 Å². The van der Waals surface area contributed by atoms with Crippen molar-refractivity contribution in [1.29, 1.82) is 0 Å². The van der Waals surface area contributed by atoms with E-state index in [1.807, 2.05) is 12.1 Å². The second kappa shape index (κ2) is 6.33. The smallest absolute Gasteiger partial charge is 0.171 e. The molecule has 0 aliphatic rings. The first-order chi connectivity index (χ1) is 7.69. The molecule has 0 saturated carbocycles. The van der Waals surface area contributed by atoms with E-state index in [2.05, 4.69) is 23.7 Å². The van der Waals surface area contributed by atoms with E-state index >= 15 is 0 Å². The van der Waals surface area contributed by atoms with Crippen LogP contribution in [0.3, 0.4) is 0 Å². The summed E-state index contributed by atoms with van der Waals surface area (Å²) < 4.78 is 5.31. The van der Waals surface area contributed by atoms with Crippen LogP contribution in [0.25, 0.3) is 0 Å². The average molecular weight is 223 g/mol. The highest BCUT2D eigenvalue weighted by atomic mass is 16.5. The number of hydrogen-bond donors (Lipinski definition) is 1. The zero-order valence-electron chi connectivity index (χ0n) is 10.3. The molecule has 0 aromatic carbocycles. The molecule has 1 rings (SSSR count). The molecule has 2 N–H and O–H groups in total. The fraction of sp³-hybridized carbons (Fsp3) is 0.583. The lowest BCUT2D eigenvalue weighted by atomic mass is 10.2. The van der Waals surface area contributed by atoms with Crippen LogP contribution in [0.5, 0.6) is 5.75 Å². The van der Waals surface area contributed by atoms with E-state index in [0.29, 0.717) is 12.5 Å². The molecule has 4 heteroatoms. The lowest BCUT2D eigenvalue weighted by molar-refractivity contribution is 0.411. The Bertz CT molecular complexity index is 315. The predicted octanol–water partition coefficient (Wildman–Crippen LogP) is 1.51. The van der Waals surface area contributed by atoms with E-state index in [9.17, 15) is 0 Å². The van der Waals surface area contributed by atoms with Crippen LogP contribution >= 0.6 is 0 Å². The van der Waals surface area contributed by atoms with E-state index < -0.39 is 0 Å². The van der Waals surface area contributed by atoms with Gasteiger partial charge in [0.1, 0.15) is 0 Å². The molecular formula is C12H21N3O. The maximum Gasteiger partial charge on any atom is 0.171 e. The van der Waals surface area contributed by atoms with Gasteiger partial charge in [0.25, 0.3) is 0 Å². The number of anilines is 1. The van der Waals surface area contributed by atoms with Gasteiger partial charge in [-0.2, -0.15) is 0 Å². The number of nitrogens with zero attached hydrogens (tertiary/aromatic N) is 2. The highest BCUT2D eigenvalue weighted by Crippen LogP contribution is 2.24. The predicted molar refractivity (Wildman–Crippen MR) is 66.9 cm³/mol. The largest absolute Gasteiger partial charge is 0.493 e. The lowest BCUT2D eigenvalue weighted by Gasteiger charge is -2.26. The van der Waals surface area contributed by atoms with Crippen molar-refractivity contribution in [3.63, 3.8) is 0 Å². The Labute approximate surface area is 97.4 Å². The third kappa shape index (κ3) is 3.38. The standard InChI is InChI=1S/C12H21N3O/c1-10(2)9-15(8-6-13)12-11(16-3)5-4-7-14-12/h4-5,7,10H,6,8-9,13H2,1-3H3. The molecule has 0 aliphatic heterocycles. The summed E-state index contributed by atoms with van der Waals surface area (Å²) in [7, 11) is 1.66. The summed E-state index contributed by atoms with van der Waals surface area (Å²) in [4.78, 5) is 6.54. The third-order valence-corrected chi connectivity index (χ3v) is 2.25. The van der Waals surface area contributed by atoms with Gasteiger partial charge in [0.2, 0.25) is 0 Å². The first kappa shape index (κ1) is 12.8. The van der Waals surface area contributed by atoms with Crippen LogP contribution < -0.4 is 15.4 Å². The van der Waals surface area contributed by atoms with Crippen LogP contribution in [-0.2, 0) is 0 Å². The van der Waals surface area contributed by atoms with Crippen molar-refractivity contribution >= 4 is 5.82 Å². The van der Waals surface area contributed by atoms with Gasteiger partial charge in [-0.1, -0.05) is 13.8 Å². The highest BCUT2D eigenvalue weighted by molar-refractivity contribution is 5.52. The van der Waals surface area contributed by atoms with Crippen molar-refractivity contribution in [2.75, 3.05) is 31.6 Å². The minimum absolute atomic E-state index is 0.568. The van der Waals surface area contributed by atoms with Crippen molar-refractivity contribution in [3.8, 4) is 5.75 Å². The van der Waals surface area contributed by atoms with Gasteiger partial charge >= 0.3 is 0 Å². The molecule has 0 fully saturated rings. The highest BCUT2D eigenvalue weighted by Gasteiger charge is 2.13. The van der Waals surface area contributed by atoms with E-state index in [0.717, 1.165) is 24.7 Å². The van der Waals surface area contributed by atoms with Gasteiger partial charge in [-0.3, -0.25) is 0 Å². The topological polar surface area (TPSA) is 51.4 Å². The minimum Gasteiger partial charge on any atom is -0.493 e. The van der Waals surface area contributed by atoms with Gasteiger partial charge in [-0.15, -0.1) is 0 Å². The molecular weight excluding hydrogens is 202 g/mol. The Balaban J connectivity index is 2.90. The Kier molecular flexibility index (Phi) is 5.05. The van der Waals surface area contributed by atoms with Crippen LogP contribution in [0.15, 0.2) is 18.3 Å². The zero-order valence-corrected chi connectivity index (χ0v) is 10.3. The molecule has 0 atom stereocenters. The Morgan fingerprint density at radius 3 is 2.81 bits per heavy atom. The van der Waals surface area contributed by atoms with Gasteiger partial charge < -0.3 is 15.4 Å². The zero-order chi connectivity index (χ0) is 12.0. The van der Waals surface area contributed by atoms with Crippen LogP contribution in [0, 0.1) is 5.92 Å². The number of ether oxygens (including phenoxy) is 1. The Morgan fingerprint density at radius 2 is 2.25 bits per heavy atom. The average Bonchev–Trinajstić information content (AvgIpc) is 2.28. The second-order valence-corrected chi connectivity index (χ2v) is 4.16. The van der Waals surface area contributed by atoms with Crippen LogP contribution in [0.4, 0.5) is 5.82 Å². The van der Waals surface area contributed by atoms with Gasteiger partial charge in [0, 0.05) is 25.8 Å². The SMILES string of the molecule is COc1cccnc1N(CCN)CC(C)C. The lowest BCUT2D eigenvalue weighted by Crippen LogP contribution is -2.33. The molecule has 4 nitrogen and oxygen atoms in total. The van der Waals surface area contributed by atoms with Crippen molar-refractivity contribution in [1.82, 2.24) is 4.98 Å². The van der Waals surface area contributed by atoms with Crippen molar-refractivity contribution in [3.05, 3.63) is 18.3 Å². The van der Waals surface area contributed by atoms with Gasteiger partial charge in [-0.25, -0.2) is 4.98 Å². The maximum absolute atomic E-state index is 5.62. The molecule has 0 saturated heterocycles. The molecule has 0 bridgehead atoms. The van der Waals surface area contributed by atoms with E-state index in [1.165, 1.54) is 0 Å². The maximum atomic E-state index is 5.62. The molecule has 0 aliphatic carbocycles. The monoisotopic (exact) mass is 223 g/mol. The van der Waals surface area contributed by atoms with Crippen LogP contribution in [-0.4, -0.2) is 31.7 Å². The molecule has 0 amide bonds. The fourth-order valence-corrected chi connectivity index (χ4v) is 1.66. The summed E-state index contributed by atoms with van der Waals surface area (Å²) in [5.41, 5.74) is 5.62. The van der Waals surface area contributed by atoms with Crippen LogP contribution in [0.1, 0.15) is 13.8 Å². The number of methoxy groups -OCH3 is 1. The van der Waals surface area contributed by atoms with Crippen molar-refractivity contribution in [2.45, 2.75) is 13.8 Å². The van der Waals surface area contributed by atoms with Gasteiger partial charge in [0.05, 0.1) is 7.11 Å².